The van der Waals surface area contributed by atoms with E-state index in [-0.39, 0.29) is 5.95 Å². The Hall–Kier alpha value is -2.89. The lowest BCUT2D eigenvalue weighted by atomic mass is 10.1. The van der Waals surface area contributed by atoms with E-state index in [1.807, 2.05) is 30.5 Å². The normalized spacial score (nSPS) is 11.4. The van der Waals surface area contributed by atoms with Crippen molar-refractivity contribution in [1.29, 1.82) is 0 Å². The maximum atomic E-state index is 5.65. The first-order valence-corrected chi connectivity index (χ1v) is 5.87. The highest BCUT2D eigenvalue weighted by Gasteiger charge is 2.12. The maximum absolute atomic E-state index is 5.65. The molecule has 0 radical (unpaired) electrons. The van der Waals surface area contributed by atoms with Gasteiger partial charge in [0.1, 0.15) is 0 Å². The van der Waals surface area contributed by atoms with Gasteiger partial charge >= 0.3 is 0 Å². The van der Waals surface area contributed by atoms with Gasteiger partial charge in [-0.2, -0.15) is 9.50 Å². The highest BCUT2D eigenvalue weighted by atomic mass is 15.3. The molecule has 6 heteroatoms. The number of hydrogen-bond acceptors (Lipinski definition) is 4. The number of H-pyrrole nitrogens is 1. The molecule has 4 rings (SSSR count). The Kier molecular flexibility index (Phi) is 1.88. The SMILES string of the molecule is Nc1nc2ccnc(-c3c[nH]c4ccccc34)n2n1. The number of anilines is 1. The van der Waals surface area contributed by atoms with Crippen LogP contribution in [0.3, 0.4) is 0 Å². The van der Waals surface area contributed by atoms with E-state index in [0.29, 0.717) is 5.65 Å². The van der Waals surface area contributed by atoms with E-state index in [1.165, 1.54) is 0 Å². The van der Waals surface area contributed by atoms with Crippen molar-refractivity contribution in [2.45, 2.75) is 0 Å². The average Bonchev–Trinajstić information content (AvgIpc) is 3.00. The van der Waals surface area contributed by atoms with Crippen molar-refractivity contribution >= 4 is 22.5 Å². The molecule has 0 saturated heterocycles. The molecule has 0 aliphatic rings. The number of nitrogens with one attached hydrogen (secondary N) is 1. The Bertz CT molecular complexity index is 888. The average molecular weight is 250 g/mol. The summed E-state index contributed by atoms with van der Waals surface area (Å²) in [5, 5.41) is 5.28. The van der Waals surface area contributed by atoms with Gasteiger partial charge in [-0.25, -0.2) is 4.98 Å². The van der Waals surface area contributed by atoms with Crippen LogP contribution in [-0.2, 0) is 0 Å². The van der Waals surface area contributed by atoms with Gasteiger partial charge in [0.25, 0.3) is 0 Å². The third-order valence-electron chi connectivity index (χ3n) is 3.10. The Morgan fingerprint density at radius 3 is 3.00 bits per heavy atom. The molecule has 4 aromatic rings. The number of aromatic nitrogens is 5. The Morgan fingerprint density at radius 1 is 1.16 bits per heavy atom. The van der Waals surface area contributed by atoms with Gasteiger partial charge in [0.2, 0.25) is 5.95 Å². The van der Waals surface area contributed by atoms with E-state index < -0.39 is 0 Å². The number of fused-ring (bicyclic) bond motifs is 2. The molecule has 6 nitrogen and oxygen atoms in total. The van der Waals surface area contributed by atoms with E-state index in [4.69, 9.17) is 5.73 Å². The summed E-state index contributed by atoms with van der Waals surface area (Å²) in [5.74, 6) is 0.966. The molecule has 0 unspecified atom stereocenters. The summed E-state index contributed by atoms with van der Waals surface area (Å²) in [4.78, 5) is 11.8. The second-order valence-electron chi connectivity index (χ2n) is 4.26. The number of nitrogens with two attached hydrogens (primary N) is 1. The van der Waals surface area contributed by atoms with Crippen LogP contribution in [0.25, 0.3) is 27.9 Å². The number of para-hydroxylation sites is 1. The van der Waals surface area contributed by atoms with Gasteiger partial charge in [0.15, 0.2) is 11.5 Å². The third kappa shape index (κ3) is 1.40. The van der Waals surface area contributed by atoms with Crippen LogP contribution in [0.4, 0.5) is 5.95 Å². The zero-order valence-electron chi connectivity index (χ0n) is 9.91. The van der Waals surface area contributed by atoms with Gasteiger partial charge in [-0.1, -0.05) is 18.2 Å². The lowest BCUT2D eigenvalue weighted by molar-refractivity contribution is 0.940. The van der Waals surface area contributed by atoms with Crippen molar-refractivity contribution < 1.29 is 0 Å². The van der Waals surface area contributed by atoms with Crippen LogP contribution >= 0.6 is 0 Å². The molecular formula is C13H10N6. The molecule has 0 saturated carbocycles. The van der Waals surface area contributed by atoms with Crippen molar-refractivity contribution in [2.75, 3.05) is 5.73 Å². The minimum absolute atomic E-state index is 0.245. The van der Waals surface area contributed by atoms with Crippen LogP contribution in [0.15, 0.2) is 42.7 Å². The second-order valence-corrected chi connectivity index (χ2v) is 4.26. The molecule has 0 spiro atoms. The van der Waals surface area contributed by atoms with Crippen LogP contribution < -0.4 is 5.73 Å². The number of hydrogen-bond donors (Lipinski definition) is 2. The molecule has 0 amide bonds. The van der Waals surface area contributed by atoms with Crippen molar-refractivity contribution in [3.05, 3.63) is 42.7 Å². The van der Waals surface area contributed by atoms with Crippen molar-refractivity contribution in [2.24, 2.45) is 0 Å². The zero-order chi connectivity index (χ0) is 12.8. The minimum Gasteiger partial charge on any atom is -0.366 e. The topological polar surface area (TPSA) is 84.9 Å². The molecular weight excluding hydrogens is 240 g/mol. The maximum Gasteiger partial charge on any atom is 0.240 e. The van der Waals surface area contributed by atoms with Gasteiger partial charge in [-0.05, 0) is 6.07 Å². The number of benzene rings is 1. The lowest BCUT2D eigenvalue weighted by Crippen LogP contribution is -1.97. The molecule has 3 aromatic heterocycles. The predicted molar refractivity (Wildman–Crippen MR) is 72.5 cm³/mol. The fourth-order valence-corrected chi connectivity index (χ4v) is 2.27. The van der Waals surface area contributed by atoms with E-state index in [0.717, 1.165) is 22.3 Å². The standard InChI is InChI=1S/C13H10N6/c14-13-17-11-5-6-15-12(19(11)18-13)9-7-16-10-4-2-1-3-8(9)10/h1-7,16H,(H2,14,18). The number of rotatable bonds is 1. The minimum atomic E-state index is 0.245. The molecule has 0 aliphatic heterocycles. The first-order chi connectivity index (χ1) is 9.33. The van der Waals surface area contributed by atoms with Crippen LogP contribution in [0.1, 0.15) is 0 Å². The summed E-state index contributed by atoms with van der Waals surface area (Å²) in [6, 6.07) is 9.83. The lowest BCUT2D eigenvalue weighted by Gasteiger charge is -2.00. The molecule has 0 bridgehead atoms. The van der Waals surface area contributed by atoms with E-state index >= 15 is 0 Å². The van der Waals surface area contributed by atoms with E-state index in [1.54, 1.807) is 16.8 Å². The zero-order valence-corrected chi connectivity index (χ0v) is 9.91. The Balaban J connectivity index is 2.09. The summed E-state index contributed by atoms with van der Waals surface area (Å²) < 4.78 is 1.66. The van der Waals surface area contributed by atoms with E-state index in [2.05, 4.69) is 20.1 Å². The highest BCUT2D eigenvalue weighted by Crippen LogP contribution is 2.26. The van der Waals surface area contributed by atoms with Gasteiger partial charge < -0.3 is 10.7 Å². The molecule has 3 N–H and O–H groups in total. The van der Waals surface area contributed by atoms with E-state index in [9.17, 15) is 0 Å². The summed E-state index contributed by atoms with van der Waals surface area (Å²) in [5.41, 5.74) is 8.37. The van der Waals surface area contributed by atoms with Gasteiger partial charge in [0, 0.05) is 34.9 Å². The number of nitrogen functional groups attached to an aromatic ring is 1. The fraction of sp³-hybridized carbons (Fsp3) is 0. The Labute approximate surface area is 107 Å². The second kappa shape index (κ2) is 3.55. The third-order valence-corrected chi connectivity index (χ3v) is 3.10. The largest absolute Gasteiger partial charge is 0.366 e. The smallest absolute Gasteiger partial charge is 0.240 e. The summed E-state index contributed by atoms with van der Waals surface area (Å²) in [6.07, 6.45) is 3.63. The molecule has 19 heavy (non-hydrogen) atoms. The van der Waals surface area contributed by atoms with Gasteiger partial charge in [-0.3, -0.25) is 0 Å². The summed E-state index contributed by atoms with van der Waals surface area (Å²) >= 11 is 0. The predicted octanol–water partition coefficient (Wildman–Crippen LogP) is 1.85. The van der Waals surface area contributed by atoms with Crippen LogP contribution in [-0.4, -0.2) is 24.6 Å². The molecule has 0 fully saturated rings. The molecule has 1 aromatic carbocycles. The highest BCUT2D eigenvalue weighted by molar-refractivity contribution is 5.93. The molecule has 0 aliphatic carbocycles. The quantitative estimate of drug-likeness (QED) is 0.540. The summed E-state index contributed by atoms with van der Waals surface area (Å²) in [6.45, 7) is 0. The molecule has 92 valence electrons. The fourth-order valence-electron chi connectivity index (χ4n) is 2.27. The van der Waals surface area contributed by atoms with Crippen LogP contribution in [0.5, 0.6) is 0 Å². The van der Waals surface area contributed by atoms with Crippen molar-refractivity contribution in [3.8, 4) is 11.4 Å². The monoisotopic (exact) mass is 250 g/mol. The van der Waals surface area contributed by atoms with Crippen molar-refractivity contribution in [1.82, 2.24) is 24.6 Å². The Morgan fingerprint density at radius 2 is 2.05 bits per heavy atom. The number of aromatic amines is 1. The first-order valence-electron chi connectivity index (χ1n) is 5.87. The molecule has 0 atom stereocenters. The summed E-state index contributed by atoms with van der Waals surface area (Å²) in [7, 11) is 0. The number of nitrogens with zero attached hydrogens (tertiary/aromatic N) is 4. The van der Waals surface area contributed by atoms with Gasteiger partial charge in [-0.15, -0.1) is 5.10 Å². The first kappa shape index (κ1) is 10.1. The van der Waals surface area contributed by atoms with Crippen LogP contribution in [0, 0.1) is 0 Å². The van der Waals surface area contributed by atoms with Crippen LogP contribution in [0.2, 0.25) is 0 Å². The van der Waals surface area contributed by atoms with Gasteiger partial charge in [0.05, 0.1) is 0 Å². The molecule has 3 heterocycles. The van der Waals surface area contributed by atoms with Crippen molar-refractivity contribution in [3.63, 3.8) is 0 Å².